The van der Waals surface area contributed by atoms with Crippen LogP contribution >= 0.6 is 0 Å². The second-order valence-electron chi connectivity index (χ2n) is 5.53. The molecule has 0 fully saturated rings. The van der Waals surface area contributed by atoms with Crippen molar-refractivity contribution < 1.29 is 8.42 Å². The lowest BCUT2D eigenvalue weighted by molar-refractivity contribution is 0.470. The molecule has 1 heterocycles. The molecule has 0 amide bonds. The third-order valence-electron chi connectivity index (χ3n) is 3.15. The maximum absolute atomic E-state index is 12.5. The minimum absolute atomic E-state index is 0.164. The Kier molecular flexibility index (Phi) is 4.32. The number of nitrogen functional groups attached to an aromatic ring is 1. The highest BCUT2D eigenvalue weighted by atomic mass is 32.2. The molecule has 7 heteroatoms. The number of anilines is 1. The zero-order valence-electron chi connectivity index (χ0n) is 12.4. The van der Waals surface area contributed by atoms with E-state index in [1.165, 1.54) is 12.4 Å². The summed E-state index contributed by atoms with van der Waals surface area (Å²) >= 11 is 0. The number of rotatable bonds is 5. The Hall–Kier alpha value is -1.89. The lowest BCUT2D eigenvalue weighted by Crippen LogP contribution is -2.14. The maximum Gasteiger partial charge on any atom is 0.185 e. The van der Waals surface area contributed by atoms with Gasteiger partial charge in [0.15, 0.2) is 9.84 Å². The second-order valence-corrected chi connectivity index (χ2v) is 7.52. The maximum atomic E-state index is 12.5. The van der Waals surface area contributed by atoms with Gasteiger partial charge in [0.05, 0.1) is 4.90 Å². The van der Waals surface area contributed by atoms with Gasteiger partial charge in [-0.05, 0) is 36.6 Å². The van der Waals surface area contributed by atoms with Crippen LogP contribution in [-0.4, -0.2) is 23.2 Å². The molecule has 0 saturated carbocycles. The number of sulfone groups is 1. The molecule has 1 aromatic heterocycles. The molecule has 2 N–H and O–H groups in total. The fraction of sp³-hybridized carbons (Fsp3) is 0.429. The van der Waals surface area contributed by atoms with Crippen LogP contribution in [0.3, 0.4) is 0 Å². The predicted octanol–water partition coefficient (Wildman–Crippen LogP) is 1.80. The van der Waals surface area contributed by atoms with E-state index in [2.05, 4.69) is 10.1 Å². The average Bonchev–Trinajstić information content (AvgIpc) is 2.78. The summed E-state index contributed by atoms with van der Waals surface area (Å²) in [6.45, 7) is 6.52. The predicted molar refractivity (Wildman–Crippen MR) is 81.3 cm³/mol. The van der Waals surface area contributed by atoms with Gasteiger partial charge in [-0.15, -0.1) is 0 Å². The van der Waals surface area contributed by atoms with E-state index in [1.807, 2.05) is 13.8 Å². The lowest BCUT2D eigenvalue weighted by Gasteiger charge is -2.10. The summed E-state index contributed by atoms with van der Waals surface area (Å²) < 4.78 is 26.6. The Morgan fingerprint density at radius 3 is 2.67 bits per heavy atom. The number of benzene rings is 1. The molecule has 21 heavy (non-hydrogen) atoms. The highest BCUT2D eigenvalue weighted by Crippen LogP contribution is 2.20. The first-order valence-corrected chi connectivity index (χ1v) is 8.40. The zero-order chi connectivity index (χ0) is 15.6. The first kappa shape index (κ1) is 15.5. The molecule has 6 nitrogen and oxygen atoms in total. The van der Waals surface area contributed by atoms with Gasteiger partial charge in [-0.2, -0.15) is 5.10 Å². The molecule has 0 atom stereocenters. The van der Waals surface area contributed by atoms with Crippen LogP contribution in [0.4, 0.5) is 5.69 Å². The molecule has 0 bridgehead atoms. The van der Waals surface area contributed by atoms with Crippen molar-refractivity contribution >= 4 is 15.5 Å². The third-order valence-corrected chi connectivity index (χ3v) is 4.76. The van der Waals surface area contributed by atoms with Gasteiger partial charge in [-0.1, -0.05) is 13.8 Å². The van der Waals surface area contributed by atoms with Gasteiger partial charge in [0.2, 0.25) is 0 Å². The van der Waals surface area contributed by atoms with E-state index in [0.717, 1.165) is 5.56 Å². The second kappa shape index (κ2) is 5.85. The summed E-state index contributed by atoms with van der Waals surface area (Å²) in [4.78, 5) is 4.33. The Morgan fingerprint density at radius 2 is 2.05 bits per heavy atom. The fourth-order valence-corrected chi connectivity index (χ4v) is 3.36. The van der Waals surface area contributed by atoms with Crippen LogP contribution in [0.5, 0.6) is 0 Å². The number of hydrogen-bond donors (Lipinski definition) is 1. The minimum Gasteiger partial charge on any atom is -0.399 e. The highest BCUT2D eigenvalue weighted by molar-refractivity contribution is 7.90. The Labute approximate surface area is 124 Å². The SMILES string of the molecule is Cc1cc(S(=O)(=O)Cc2ncnn2CC(C)C)ccc1N. The van der Waals surface area contributed by atoms with Gasteiger partial charge < -0.3 is 5.73 Å². The summed E-state index contributed by atoms with van der Waals surface area (Å²) in [7, 11) is -3.46. The van der Waals surface area contributed by atoms with Crippen molar-refractivity contribution in [3.05, 3.63) is 35.9 Å². The fourth-order valence-electron chi connectivity index (χ4n) is 1.99. The average molecular weight is 308 g/mol. The molecule has 2 aromatic rings. The van der Waals surface area contributed by atoms with Gasteiger partial charge in [-0.3, -0.25) is 0 Å². The van der Waals surface area contributed by atoms with E-state index in [0.29, 0.717) is 24.0 Å². The Morgan fingerprint density at radius 1 is 1.33 bits per heavy atom. The normalized spacial score (nSPS) is 12.0. The van der Waals surface area contributed by atoms with Crippen LogP contribution in [0.15, 0.2) is 29.4 Å². The van der Waals surface area contributed by atoms with Crippen LogP contribution in [0.25, 0.3) is 0 Å². The minimum atomic E-state index is -3.46. The number of nitrogens with zero attached hydrogens (tertiary/aromatic N) is 3. The van der Waals surface area contributed by atoms with Crippen LogP contribution in [0.2, 0.25) is 0 Å². The lowest BCUT2D eigenvalue weighted by atomic mass is 10.2. The molecule has 0 radical (unpaired) electrons. The molecule has 114 valence electrons. The van der Waals surface area contributed by atoms with E-state index in [9.17, 15) is 8.42 Å². The van der Waals surface area contributed by atoms with Gasteiger partial charge in [-0.25, -0.2) is 18.1 Å². The van der Waals surface area contributed by atoms with Crippen molar-refractivity contribution in [3.8, 4) is 0 Å². The first-order valence-electron chi connectivity index (χ1n) is 6.75. The molecule has 2 rings (SSSR count). The smallest absolute Gasteiger partial charge is 0.185 e. The van der Waals surface area contributed by atoms with E-state index >= 15 is 0 Å². The Balaban J connectivity index is 2.29. The van der Waals surface area contributed by atoms with Crippen LogP contribution < -0.4 is 5.73 Å². The van der Waals surface area contributed by atoms with Gasteiger partial charge in [0, 0.05) is 12.2 Å². The van der Waals surface area contributed by atoms with Crippen molar-refractivity contribution in [3.63, 3.8) is 0 Å². The Bertz CT molecular complexity index is 735. The number of aromatic nitrogens is 3. The summed E-state index contributed by atoms with van der Waals surface area (Å²) in [5.41, 5.74) is 7.06. The molecular formula is C14H20N4O2S. The monoisotopic (exact) mass is 308 g/mol. The topological polar surface area (TPSA) is 90.9 Å². The first-order chi connectivity index (χ1) is 9.79. The summed E-state index contributed by atoms with van der Waals surface area (Å²) in [6, 6.07) is 4.73. The molecule has 0 spiro atoms. The van der Waals surface area contributed by atoms with E-state index in [1.54, 1.807) is 23.7 Å². The standard InChI is InChI=1S/C14H20N4O2S/c1-10(2)7-18-14(16-9-17-18)8-21(19,20)12-4-5-13(15)11(3)6-12/h4-6,9-10H,7-8,15H2,1-3H3. The number of aryl methyl sites for hydroxylation is 1. The molecular weight excluding hydrogens is 288 g/mol. The molecule has 1 aromatic carbocycles. The van der Waals surface area contributed by atoms with Crippen LogP contribution in [-0.2, 0) is 22.1 Å². The number of hydrogen-bond acceptors (Lipinski definition) is 5. The van der Waals surface area contributed by atoms with Crippen LogP contribution in [0.1, 0.15) is 25.2 Å². The molecule has 0 unspecified atom stereocenters. The summed E-state index contributed by atoms with van der Waals surface area (Å²) in [5, 5.41) is 4.09. The van der Waals surface area contributed by atoms with E-state index in [4.69, 9.17) is 5.73 Å². The summed E-state index contributed by atoms with van der Waals surface area (Å²) in [6.07, 6.45) is 1.39. The molecule has 0 aliphatic rings. The largest absolute Gasteiger partial charge is 0.399 e. The quantitative estimate of drug-likeness (QED) is 0.850. The van der Waals surface area contributed by atoms with Gasteiger partial charge in [0.25, 0.3) is 0 Å². The summed E-state index contributed by atoms with van der Waals surface area (Å²) in [5.74, 6) is 0.661. The number of nitrogens with two attached hydrogens (primary N) is 1. The van der Waals surface area contributed by atoms with Crippen molar-refractivity contribution in [2.45, 2.75) is 38.0 Å². The van der Waals surface area contributed by atoms with Gasteiger partial charge >= 0.3 is 0 Å². The van der Waals surface area contributed by atoms with Crippen molar-refractivity contribution in [1.29, 1.82) is 0 Å². The van der Waals surface area contributed by atoms with Gasteiger partial charge in [0.1, 0.15) is 17.9 Å². The molecule has 0 saturated heterocycles. The van der Waals surface area contributed by atoms with Crippen molar-refractivity contribution in [1.82, 2.24) is 14.8 Å². The molecule has 0 aliphatic carbocycles. The van der Waals surface area contributed by atoms with E-state index in [-0.39, 0.29) is 10.6 Å². The third kappa shape index (κ3) is 3.60. The van der Waals surface area contributed by atoms with Crippen LogP contribution in [0, 0.1) is 12.8 Å². The van der Waals surface area contributed by atoms with Crippen molar-refractivity contribution in [2.24, 2.45) is 5.92 Å². The van der Waals surface area contributed by atoms with E-state index < -0.39 is 9.84 Å². The zero-order valence-corrected chi connectivity index (χ0v) is 13.3. The highest BCUT2D eigenvalue weighted by Gasteiger charge is 2.20. The molecule has 0 aliphatic heterocycles. The van der Waals surface area contributed by atoms with Crippen molar-refractivity contribution in [2.75, 3.05) is 5.73 Å².